The van der Waals surface area contributed by atoms with Crippen molar-refractivity contribution in [2.24, 2.45) is 0 Å². The molecule has 0 aliphatic heterocycles. The van der Waals surface area contributed by atoms with Gasteiger partial charge in [-0.1, -0.05) is 38.1 Å². The first-order valence-corrected chi connectivity index (χ1v) is 10.1. The van der Waals surface area contributed by atoms with Gasteiger partial charge in [0.05, 0.1) is 17.6 Å². The van der Waals surface area contributed by atoms with Crippen LogP contribution in [0.15, 0.2) is 47.4 Å². The van der Waals surface area contributed by atoms with Crippen molar-refractivity contribution in [1.82, 2.24) is 9.62 Å². The number of nitrogens with zero attached hydrogens (tertiary/aromatic N) is 1. The van der Waals surface area contributed by atoms with E-state index in [0.29, 0.717) is 11.7 Å². The quantitative estimate of drug-likeness (QED) is 0.789. The van der Waals surface area contributed by atoms with Crippen LogP contribution in [0.2, 0.25) is 0 Å². The zero-order valence-electron chi connectivity index (χ0n) is 16.3. The molecule has 2 aromatic rings. The van der Waals surface area contributed by atoms with E-state index in [0.717, 1.165) is 5.56 Å². The van der Waals surface area contributed by atoms with Gasteiger partial charge in [-0.2, -0.15) is 4.31 Å². The molecule has 0 aliphatic rings. The molecule has 0 fully saturated rings. The molecule has 0 saturated carbocycles. The van der Waals surface area contributed by atoms with E-state index < -0.39 is 15.9 Å². The second-order valence-electron chi connectivity index (χ2n) is 6.60. The Morgan fingerprint density at radius 2 is 1.78 bits per heavy atom. The van der Waals surface area contributed by atoms with Crippen LogP contribution in [0.1, 0.15) is 41.3 Å². The maximum Gasteiger partial charge on any atom is 0.254 e. The summed E-state index contributed by atoms with van der Waals surface area (Å²) in [6.07, 6.45) is 0. The number of carbonyl (C=O) groups is 1. The van der Waals surface area contributed by atoms with E-state index >= 15 is 0 Å². The molecule has 0 saturated heterocycles. The van der Waals surface area contributed by atoms with Gasteiger partial charge in [0.1, 0.15) is 5.75 Å². The van der Waals surface area contributed by atoms with E-state index in [-0.39, 0.29) is 17.0 Å². The van der Waals surface area contributed by atoms with Gasteiger partial charge in [-0.3, -0.25) is 4.79 Å². The number of sulfonamides is 1. The van der Waals surface area contributed by atoms with Crippen molar-refractivity contribution in [1.29, 1.82) is 0 Å². The van der Waals surface area contributed by atoms with E-state index in [1.54, 1.807) is 0 Å². The van der Waals surface area contributed by atoms with Crippen molar-refractivity contribution >= 4 is 15.9 Å². The third-order valence-corrected chi connectivity index (χ3v) is 6.20. The molecule has 6 nitrogen and oxygen atoms in total. The highest BCUT2D eigenvalue weighted by atomic mass is 32.2. The first-order chi connectivity index (χ1) is 12.7. The van der Waals surface area contributed by atoms with Crippen LogP contribution >= 0.6 is 0 Å². The topological polar surface area (TPSA) is 75.7 Å². The number of carbonyl (C=O) groups excluding carboxylic acids is 1. The van der Waals surface area contributed by atoms with Crippen molar-refractivity contribution < 1.29 is 17.9 Å². The number of ether oxygens (including phenoxy) is 1. The number of methoxy groups -OCH3 is 1. The number of amides is 1. The Hall–Kier alpha value is -2.38. The van der Waals surface area contributed by atoms with E-state index in [1.165, 1.54) is 49.3 Å². The molecule has 0 bridgehead atoms. The van der Waals surface area contributed by atoms with E-state index in [2.05, 4.69) is 19.2 Å². The minimum Gasteiger partial charge on any atom is -0.496 e. The van der Waals surface area contributed by atoms with Crippen molar-refractivity contribution in [2.45, 2.75) is 31.2 Å². The Kier molecular flexibility index (Phi) is 6.62. The standard InChI is InChI=1S/C20H26N2O4S/c1-14(2)16-8-6-15(7-9-16)13-22(4)27(24,25)17-10-11-19(26-5)18(12-17)20(23)21-3/h6-12,14H,13H2,1-5H3,(H,21,23). The van der Waals surface area contributed by atoms with E-state index in [1.807, 2.05) is 24.3 Å². The maximum atomic E-state index is 12.9. The number of nitrogens with one attached hydrogen (secondary N) is 1. The summed E-state index contributed by atoms with van der Waals surface area (Å²) in [5.74, 6) is 0.332. The molecule has 7 heteroatoms. The Bertz CT molecular complexity index is 906. The van der Waals surface area contributed by atoms with Crippen LogP contribution in [-0.2, 0) is 16.6 Å². The van der Waals surface area contributed by atoms with Crippen molar-refractivity contribution in [3.05, 3.63) is 59.2 Å². The molecule has 27 heavy (non-hydrogen) atoms. The van der Waals surface area contributed by atoms with Gasteiger partial charge in [-0.05, 0) is 35.2 Å². The Morgan fingerprint density at radius 3 is 2.30 bits per heavy atom. The highest BCUT2D eigenvalue weighted by Crippen LogP contribution is 2.25. The van der Waals surface area contributed by atoms with Gasteiger partial charge in [0.25, 0.3) is 5.91 Å². The average molecular weight is 391 g/mol. The van der Waals surface area contributed by atoms with Gasteiger partial charge < -0.3 is 10.1 Å². The molecule has 1 N–H and O–H groups in total. The number of hydrogen-bond donors (Lipinski definition) is 1. The minimum atomic E-state index is -3.76. The highest BCUT2D eigenvalue weighted by molar-refractivity contribution is 7.89. The molecule has 146 valence electrons. The molecule has 0 aromatic heterocycles. The first kappa shape index (κ1) is 20.9. The van der Waals surface area contributed by atoms with Crippen LogP contribution in [0.25, 0.3) is 0 Å². The predicted molar refractivity (Wildman–Crippen MR) is 106 cm³/mol. The van der Waals surface area contributed by atoms with Gasteiger partial charge >= 0.3 is 0 Å². The van der Waals surface area contributed by atoms with E-state index in [4.69, 9.17) is 4.74 Å². The normalized spacial score (nSPS) is 11.7. The summed E-state index contributed by atoms with van der Waals surface area (Å²) in [5, 5.41) is 2.49. The van der Waals surface area contributed by atoms with Gasteiger partial charge in [-0.25, -0.2) is 8.42 Å². The molecule has 0 spiro atoms. The van der Waals surface area contributed by atoms with Crippen LogP contribution in [0.4, 0.5) is 0 Å². The Morgan fingerprint density at radius 1 is 1.15 bits per heavy atom. The minimum absolute atomic E-state index is 0.0446. The van der Waals surface area contributed by atoms with Crippen molar-refractivity contribution in [2.75, 3.05) is 21.2 Å². The number of benzene rings is 2. The maximum absolute atomic E-state index is 12.9. The second-order valence-corrected chi connectivity index (χ2v) is 8.64. The van der Waals surface area contributed by atoms with E-state index in [9.17, 15) is 13.2 Å². The fourth-order valence-electron chi connectivity index (χ4n) is 2.69. The lowest BCUT2D eigenvalue weighted by Crippen LogP contribution is -2.27. The third kappa shape index (κ3) is 4.67. The summed E-state index contributed by atoms with van der Waals surface area (Å²) >= 11 is 0. The summed E-state index contributed by atoms with van der Waals surface area (Å²) in [5.41, 5.74) is 2.27. The summed E-state index contributed by atoms with van der Waals surface area (Å²) < 4.78 is 32.3. The number of hydrogen-bond acceptors (Lipinski definition) is 4. The second kappa shape index (κ2) is 8.54. The van der Waals surface area contributed by atoms with Crippen molar-refractivity contribution in [3.8, 4) is 5.75 Å². The molecule has 0 radical (unpaired) electrons. The summed E-state index contributed by atoms with van der Waals surface area (Å²) in [6.45, 7) is 4.46. The molecule has 2 rings (SSSR count). The summed E-state index contributed by atoms with van der Waals surface area (Å²) in [4.78, 5) is 12.1. The zero-order chi connectivity index (χ0) is 20.2. The lowest BCUT2D eigenvalue weighted by Gasteiger charge is -2.19. The zero-order valence-corrected chi connectivity index (χ0v) is 17.1. The van der Waals surface area contributed by atoms with Gasteiger partial charge in [-0.15, -0.1) is 0 Å². The van der Waals surface area contributed by atoms with Gasteiger partial charge in [0, 0.05) is 20.6 Å². The number of rotatable bonds is 7. The fourth-order valence-corrected chi connectivity index (χ4v) is 3.88. The van der Waals surface area contributed by atoms with Crippen molar-refractivity contribution in [3.63, 3.8) is 0 Å². The summed E-state index contributed by atoms with van der Waals surface area (Å²) in [6, 6.07) is 12.2. The predicted octanol–water partition coefficient (Wildman–Crippen LogP) is 3.00. The SMILES string of the molecule is CNC(=O)c1cc(S(=O)(=O)N(C)Cc2ccc(C(C)C)cc2)ccc1OC. The van der Waals surface area contributed by atoms with Crippen LogP contribution in [0.5, 0.6) is 5.75 Å². The lowest BCUT2D eigenvalue weighted by atomic mass is 10.0. The Labute approximate surface area is 161 Å². The average Bonchev–Trinajstić information content (AvgIpc) is 2.67. The molecule has 0 aliphatic carbocycles. The van der Waals surface area contributed by atoms with Crippen LogP contribution < -0.4 is 10.1 Å². The first-order valence-electron chi connectivity index (χ1n) is 8.66. The Balaban J connectivity index is 2.30. The fraction of sp³-hybridized carbons (Fsp3) is 0.350. The molecule has 2 aromatic carbocycles. The monoisotopic (exact) mass is 390 g/mol. The summed E-state index contributed by atoms with van der Waals surface area (Å²) in [7, 11) is 0.684. The van der Waals surface area contributed by atoms with Gasteiger partial charge in [0.15, 0.2) is 0 Å². The van der Waals surface area contributed by atoms with Gasteiger partial charge in [0.2, 0.25) is 10.0 Å². The third-order valence-electron chi connectivity index (χ3n) is 4.40. The smallest absolute Gasteiger partial charge is 0.254 e. The molecule has 0 atom stereocenters. The molecule has 1 amide bonds. The highest BCUT2D eigenvalue weighted by Gasteiger charge is 2.24. The molecular formula is C20H26N2O4S. The van der Waals surface area contributed by atoms with Crippen LogP contribution in [0.3, 0.4) is 0 Å². The molecule has 0 unspecified atom stereocenters. The van der Waals surface area contributed by atoms with Crippen LogP contribution in [0, 0.1) is 0 Å². The molecular weight excluding hydrogens is 364 g/mol. The van der Waals surface area contributed by atoms with Crippen LogP contribution in [-0.4, -0.2) is 39.8 Å². The lowest BCUT2D eigenvalue weighted by molar-refractivity contribution is 0.0960. The largest absolute Gasteiger partial charge is 0.496 e. The molecule has 0 heterocycles.